The fourth-order valence-electron chi connectivity index (χ4n) is 2.41. The van der Waals surface area contributed by atoms with Gasteiger partial charge in [0.2, 0.25) is 0 Å². The predicted octanol–water partition coefficient (Wildman–Crippen LogP) is 0.499. The van der Waals surface area contributed by atoms with Crippen LogP contribution in [0.15, 0.2) is 0 Å². The van der Waals surface area contributed by atoms with Crippen LogP contribution >= 0.6 is 0 Å². The minimum atomic E-state index is -1.04. The van der Waals surface area contributed by atoms with Gasteiger partial charge in [0, 0.05) is 13.0 Å². The van der Waals surface area contributed by atoms with Gasteiger partial charge in [0.15, 0.2) is 5.60 Å². The second kappa shape index (κ2) is 2.72. The maximum atomic E-state index is 9.89. The summed E-state index contributed by atoms with van der Waals surface area (Å²) in [6.07, 6.45) is 4.00. The van der Waals surface area contributed by atoms with Crippen molar-refractivity contribution >= 4 is 0 Å². The maximum Gasteiger partial charge on any atom is 0.167 e. The Balaban J connectivity index is 2.17. The topological polar surface area (TPSA) is 47.3 Å². The van der Waals surface area contributed by atoms with E-state index in [0.29, 0.717) is 6.42 Å². The van der Waals surface area contributed by atoms with Crippen molar-refractivity contribution in [3.63, 3.8) is 0 Å². The fourth-order valence-corrected chi connectivity index (χ4v) is 2.41. The average Bonchev–Trinajstić information content (AvgIpc) is 2.46. The zero-order valence-electron chi connectivity index (χ0n) is 7.16. The van der Waals surface area contributed by atoms with Gasteiger partial charge in [-0.2, -0.15) is 5.26 Å². The van der Waals surface area contributed by atoms with Gasteiger partial charge in [-0.05, 0) is 19.4 Å². The molecule has 0 aromatic rings. The number of fused-ring (bicyclic) bond motifs is 1. The highest BCUT2D eigenvalue weighted by Gasteiger charge is 2.46. The van der Waals surface area contributed by atoms with Gasteiger partial charge in [-0.3, -0.25) is 4.90 Å². The number of aliphatic hydroxyl groups is 1. The molecule has 0 bridgehead atoms. The molecule has 3 heteroatoms. The van der Waals surface area contributed by atoms with Crippen molar-refractivity contribution < 1.29 is 5.11 Å². The lowest BCUT2D eigenvalue weighted by Gasteiger charge is -2.33. The van der Waals surface area contributed by atoms with Crippen LogP contribution < -0.4 is 0 Å². The van der Waals surface area contributed by atoms with Crippen LogP contribution in [0.5, 0.6) is 0 Å². The van der Waals surface area contributed by atoms with Crippen molar-refractivity contribution in [1.29, 1.82) is 5.26 Å². The molecule has 2 aliphatic heterocycles. The van der Waals surface area contributed by atoms with E-state index in [0.717, 1.165) is 25.9 Å². The second-order valence-corrected chi connectivity index (χ2v) is 3.83. The molecule has 1 N–H and O–H groups in total. The number of hydrogen-bond donors (Lipinski definition) is 1. The van der Waals surface area contributed by atoms with E-state index < -0.39 is 5.60 Å². The van der Waals surface area contributed by atoms with Gasteiger partial charge in [0.05, 0.1) is 12.1 Å². The molecule has 0 spiro atoms. The SMILES string of the molecule is N#CC1(O)CCN2CCCCC21. The molecule has 0 aromatic heterocycles. The van der Waals surface area contributed by atoms with Crippen molar-refractivity contribution in [1.82, 2.24) is 4.90 Å². The smallest absolute Gasteiger partial charge is 0.167 e. The van der Waals surface area contributed by atoms with Gasteiger partial charge in [0.1, 0.15) is 0 Å². The van der Waals surface area contributed by atoms with E-state index in [1.54, 1.807) is 0 Å². The first-order valence-electron chi connectivity index (χ1n) is 4.64. The molecule has 2 unspecified atom stereocenters. The highest BCUT2D eigenvalue weighted by molar-refractivity contribution is 5.13. The Labute approximate surface area is 72.6 Å². The van der Waals surface area contributed by atoms with Crippen LogP contribution in [0.3, 0.4) is 0 Å². The Bertz CT molecular complexity index is 223. The van der Waals surface area contributed by atoms with Gasteiger partial charge in [-0.25, -0.2) is 0 Å². The van der Waals surface area contributed by atoms with E-state index >= 15 is 0 Å². The molecule has 3 nitrogen and oxygen atoms in total. The largest absolute Gasteiger partial charge is 0.374 e. The molecule has 12 heavy (non-hydrogen) atoms. The molecule has 2 heterocycles. The predicted molar refractivity (Wildman–Crippen MR) is 44.4 cm³/mol. The Hall–Kier alpha value is -0.590. The lowest BCUT2D eigenvalue weighted by Crippen LogP contribution is -2.46. The minimum absolute atomic E-state index is 0.122. The van der Waals surface area contributed by atoms with Crippen LogP contribution in [0.25, 0.3) is 0 Å². The molecule has 0 saturated carbocycles. The molecule has 2 saturated heterocycles. The van der Waals surface area contributed by atoms with E-state index in [1.165, 1.54) is 6.42 Å². The summed E-state index contributed by atoms with van der Waals surface area (Å²) in [6, 6.07) is 2.17. The third-order valence-electron chi connectivity index (χ3n) is 3.14. The average molecular weight is 166 g/mol. The monoisotopic (exact) mass is 166 g/mol. The first-order valence-corrected chi connectivity index (χ1v) is 4.64. The summed E-state index contributed by atoms with van der Waals surface area (Å²) in [5, 5.41) is 18.7. The molecular formula is C9H14N2O. The lowest BCUT2D eigenvalue weighted by atomic mass is 9.90. The number of nitriles is 1. The first kappa shape index (κ1) is 8.03. The van der Waals surface area contributed by atoms with Crippen LogP contribution in [-0.4, -0.2) is 34.7 Å². The van der Waals surface area contributed by atoms with Gasteiger partial charge < -0.3 is 5.11 Å². The van der Waals surface area contributed by atoms with Crippen molar-refractivity contribution in [3.05, 3.63) is 0 Å². The molecule has 66 valence electrons. The third-order valence-corrected chi connectivity index (χ3v) is 3.14. The minimum Gasteiger partial charge on any atom is -0.374 e. The van der Waals surface area contributed by atoms with E-state index in [4.69, 9.17) is 5.26 Å². The Morgan fingerprint density at radius 3 is 3.00 bits per heavy atom. The van der Waals surface area contributed by atoms with Crippen LogP contribution in [0.1, 0.15) is 25.7 Å². The summed E-state index contributed by atoms with van der Waals surface area (Å²) in [5.41, 5.74) is -1.04. The summed E-state index contributed by atoms with van der Waals surface area (Å²) in [7, 11) is 0. The molecule has 0 aromatic carbocycles. The van der Waals surface area contributed by atoms with Crippen molar-refractivity contribution in [2.24, 2.45) is 0 Å². The molecule has 0 amide bonds. The fraction of sp³-hybridized carbons (Fsp3) is 0.889. The molecular weight excluding hydrogens is 152 g/mol. The Morgan fingerprint density at radius 1 is 1.42 bits per heavy atom. The van der Waals surface area contributed by atoms with E-state index in [9.17, 15) is 5.11 Å². The van der Waals surface area contributed by atoms with Crippen LogP contribution in [0.2, 0.25) is 0 Å². The van der Waals surface area contributed by atoms with E-state index in [1.807, 2.05) is 0 Å². The highest BCUT2D eigenvalue weighted by atomic mass is 16.3. The van der Waals surface area contributed by atoms with Crippen LogP contribution in [-0.2, 0) is 0 Å². The number of hydrogen-bond acceptors (Lipinski definition) is 3. The molecule has 2 rings (SSSR count). The molecule has 0 aliphatic carbocycles. The van der Waals surface area contributed by atoms with Crippen molar-refractivity contribution in [3.8, 4) is 6.07 Å². The van der Waals surface area contributed by atoms with Crippen LogP contribution in [0.4, 0.5) is 0 Å². The molecule has 2 atom stereocenters. The summed E-state index contributed by atoms with van der Waals surface area (Å²) in [6.45, 7) is 1.96. The lowest BCUT2D eigenvalue weighted by molar-refractivity contribution is 0.0370. The first-order chi connectivity index (χ1) is 5.76. The number of piperidine rings is 1. The second-order valence-electron chi connectivity index (χ2n) is 3.83. The van der Waals surface area contributed by atoms with Gasteiger partial charge in [-0.1, -0.05) is 6.42 Å². The Morgan fingerprint density at radius 2 is 2.25 bits per heavy atom. The summed E-state index contributed by atoms with van der Waals surface area (Å²) in [4.78, 5) is 2.26. The summed E-state index contributed by atoms with van der Waals surface area (Å²) < 4.78 is 0. The molecule has 2 fully saturated rings. The van der Waals surface area contributed by atoms with Crippen molar-refractivity contribution in [2.75, 3.05) is 13.1 Å². The zero-order valence-corrected chi connectivity index (χ0v) is 7.16. The quantitative estimate of drug-likeness (QED) is 0.533. The highest BCUT2D eigenvalue weighted by Crippen LogP contribution is 2.34. The summed E-state index contributed by atoms with van der Waals surface area (Å²) >= 11 is 0. The van der Waals surface area contributed by atoms with E-state index in [-0.39, 0.29) is 6.04 Å². The third kappa shape index (κ3) is 1.03. The van der Waals surface area contributed by atoms with Crippen LogP contribution in [0, 0.1) is 11.3 Å². The normalized spacial score (nSPS) is 42.2. The molecule has 2 aliphatic rings. The van der Waals surface area contributed by atoms with Gasteiger partial charge in [-0.15, -0.1) is 0 Å². The number of rotatable bonds is 0. The van der Waals surface area contributed by atoms with E-state index in [2.05, 4.69) is 11.0 Å². The molecule has 0 radical (unpaired) electrons. The van der Waals surface area contributed by atoms with Gasteiger partial charge >= 0.3 is 0 Å². The maximum absolute atomic E-state index is 9.89. The summed E-state index contributed by atoms with van der Waals surface area (Å²) in [5.74, 6) is 0. The standard InChI is InChI=1S/C9H14N2O/c10-7-9(12)4-6-11-5-2-1-3-8(9)11/h8,12H,1-6H2. The Kier molecular flexibility index (Phi) is 1.82. The van der Waals surface area contributed by atoms with Crippen molar-refractivity contribution in [2.45, 2.75) is 37.3 Å². The number of nitrogens with zero attached hydrogens (tertiary/aromatic N) is 2. The van der Waals surface area contributed by atoms with Gasteiger partial charge in [0.25, 0.3) is 0 Å². The zero-order chi connectivity index (χ0) is 8.60.